The largest absolute Gasteiger partial charge is 0.379 e. The van der Waals surface area contributed by atoms with Crippen molar-refractivity contribution < 1.29 is 9.53 Å². The molecule has 1 N–H and O–H groups in total. The minimum absolute atomic E-state index is 0.0534. The molecule has 4 rings (SSSR count). The van der Waals surface area contributed by atoms with E-state index in [0.717, 1.165) is 17.3 Å². The van der Waals surface area contributed by atoms with Gasteiger partial charge in [0.2, 0.25) is 5.95 Å². The van der Waals surface area contributed by atoms with Crippen LogP contribution in [0, 0.1) is 12.8 Å². The van der Waals surface area contributed by atoms with E-state index in [4.69, 9.17) is 4.74 Å². The first kappa shape index (κ1) is 19.3. The SMILES string of the molecule is Cc1nc(N(C)C)ncc1C(=O)N[C@H]1COC[C@H]1Cc1ccnc2ccccc12. The van der Waals surface area contributed by atoms with Crippen molar-refractivity contribution in [2.45, 2.75) is 19.4 Å². The smallest absolute Gasteiger partial charge is 0.255 e. The van der Waals surface area contributed by atoms with Crippen LogP contribution in [0.15, 0.2) is 42.7 Å². The molecule has 3 heterocycles. The second-order valence-electron chi connectivity index (χ2n) is 7.63. The van der Waals surface area contributed by atoms with Gasteiger partial charge in [0.05, 0.1) is 36.0 Å². The Morgan fingerprint density at radius 2 is 2.03 bits per heavy atom. The molecule has 0 saturated carbocycles. The summed E-state index contributed by atoms with van der Waals surface area (Å²) in [6, 6.07) is 10.1. The third-order valence-electron chi connectivity index (χ3n) is 5.35. The average molecular weight is 391 g/mol. The summed E-state index contributed by atoms with van der Waals surface area (Å²) in [7, 11) is 3.75. The molecular formula is C22H25N5O2. The van der Waals surface area contributed by atoms with Crippen LogP contribution in [0.5, 0.6) is 0 Å². The van der Waals surface area contributed by atoms with Gasteiger partial charge >= 0.3 is 0 Å². The van der Waals surface area contributed by atoms with Gasteiger partial charge in [0.15, 0.2) is 0 Å². The zero-order chi connectivity index (χ0) is 20.4. The number of rotatable bonds is 5. The number of nitrogens with zero attached hydrogens (tertiary/aromatic N) is 4. The molecule has 29 heavy (non-hydrogen) atoms. The Balaban J connectivity index is 1.49. The first-order chi connectivity index (χ1) is 14.0. The van der Waals surface area contributed by atoms with Gasteiger partial charge in [0.1, 0.15) is 0 Å². The van der Waals surface area contributed by atoms with Gasteiger partial charge in [0, 0.05) is 37.8 Å². The van der Waals surface area contributed by atoms with Crippen LogP contribution in [0.3, 0.4) is 0 Å². The molecule has 7 nitrogen and oxygen atoms in total. The Bertz CT molecular complexity index is 1030. The highest BCUT2D eigenvalue weighted by atomic mass is 16.5. The monoisotopic (exact) mass is 391 g/mol. The molecule has 2 aromatic heterocycles. The molecule has 0 bridgehead atoms. The summed E-state index contributed by atoms with van der Waals surface area (Å²) in [4.78, 5) is 27.8. The van der Waals surface area contributed by atoms with Crippen molar-refractivity contribution in [3.05, 3.63) is 59.5 Å². The van der Waals surface area contributed by atoms with Crippen LogP contribution in [-0.4, -0.2) is 54.2 Å². The van der Waals surface area contributed by atoms with E-state index in [9.17, 15) is 4.79 Å². The molecule has 1 aliphatic heterocycles. The number of hydrogen-bond acceptors (Lipinski definition) is 6. The first-order valence-corrected chi connectivity index (χ1v) is 9.75. The van der Waals surface area contributed by atoms with Gasteiger partial charge in [-0.1, -0.05) is 18.2 Å². The molecule has 0 spiro atoms. The van der Waals surface area contributed by atoms with Gasteiger partial charge in [-0.3, -0.25) is 9.78 Å². The van der Waals surface area contributed by atoms with Crippen molar-refractivity contribution in [2.24, 2.45) is 5.92 Å². The molecular weight excluding hydrogens is 366 g/mol. The van der Waals surface area contributed by atoms with E-state index in [0.29, 0.717) is 30.4 Å². The number of carbonyl (C=O) groups excluding carboxylic acids is 1. The summed E-state index contributed by atoms with van der Waals surface area (Å²) in [5.41, 5.74) is 3.37. The molecule has 150 valence electrons. The summed E-state index contributed by atoms with van der Waals surface area (Å²) in [6.45, 7) is 2.96. The van der Waals surface area contributed by atoms with Crippen molar-refractivity contribution in [3.8, 4) is 0 Å². The Morgan fingerprint density at radius 1 is 1.21 bits per heavy atom. The summed E-state index contributed by atoms with van der Waals surface area (Å²) in [6.07, 6.45) is 4.26. The molecule has 0 aliphatic carbocycles. The zero-order valence-corrected chi connectivity index (χ0v) is 16.9. The summed E-state index contributed by atoms with van der Waals surface area (Å²) in [5, 5.41) is 4.28. The first-order valence-electron chi connectivity index (χ1n) is 9.75. The highest BCUT2D eigenvalue weighted by Gasteiger charge is 2.31. The predicted molar refractivity (Wildman–Crippen MR) is 112 cm³/mol. The number of benzene rings is 1. The van der Waals surface area contributed by atoms with Crippen molar-refractivity contribution in [3.63, 3.8) is 0 Å². The molecule has 2 atom stereocenters. The highest BCUT2D eigenvalue weighted by Crippen LogP contribution is 2.24. The Labute approximate surface area is 170 Å². The van der Waals surface area contributed by atoms with E-state index in [2.05, 4.69) is 32.4 Å². The van der Waals surface area contributed by atoms with Gasteiger partial charge in [0.25, 0.3) is 5.91 Å². The number of aryl methyl sites for hydroxylation is 1. The van der Waals surface area contributed by atoms with E-state index in [1.54, 1.807) is 6.20 Å². The third-order valence-corrected chi connectivity index (χ3v) is 5.35. The van der Waals surface area contributed by atoms with Gasteiger partial charge in [-0.05, 0) is 31.0 Å². The van der Waals surface area contributed by atoms with Gasteiger partial charge in [-0.25, -0.2) is 9.97 Å². The molecule has 3 aromatic rings. The van der Waals surface area contributed by atoms with Crippen LogP contribution in [0.2, 0.25) is 0 Å². The molecule has 0 radical (unpaired) electrons. The van der Waals surface area contributed by atoms with Gasteiger partial charge in [-0.2, -0.15) is 0 Å². The maximum Gasteiger partial charge on any atom is 0.255 e. The van der Waals surface area contributed by atoms with Crippen LogP contribution in [-0.2, 0) is 11.2 Å². The second-order valence-corrected chi connectivity index (χ2v) is 7.63. The number of nitrogens with one attached hydrogen (secondary N) is 1. The molecule has 1 fully saturated rings. The van der Waals surface area contributed by atoms with Crippen molar-refractivity contribution >= 4 is 22.8 Å². The van der Waals surface area contributed by atoms with Crippen molar-refractivity contribution in [2.75, 3.05) is 32.2 Å². The fourth-order valence-electron chi connectivity index (χ4n) is 3.71. The van der Waals surface area contributed by atoms with Crippen LogP contribution >= 0.6 is 0 Å². The minimum atomic E-state index is -0.159. The Kier molecular flexibility index (Phi) is 5.40. The average Bonchev–Trinajstić information content (AvgIpc) is 3.14. The van der Waals surface area contributed by atoms with Gasteiger partial charge in [-0.15, -0.1) is 0 Å². The predicted octanol–water partition coefficient (Wildman–Crippen LogP) is 2.39. The number of amides is 1. The fraction of sp³-hybridized carbons (Fsp3) is 0.364. The van der Waals surface area contributed by atoms with E-state index in [-0.39, 0.29) is 17.9 Å². The number of aromatic nitrogens is 3. The topological polar surface area (TPSA) is 80.2 Å². The normalized spacial score (nSPS) is 18.7. The number of para-hydroxylation sites is 1. The lowest BCUT2D eigenvalue weighted by molar-refractivity contribution is 0.0923. The molecule has 1 aliphatic rings. The zero-order valence-electron chi connectivity index (χ0n) is 16.9. The molecule has 0 unspecified atom stereocenters. The summed E-state index contributed by atoms with van der Waals surface area (Å²) < 4.78 is 5.70. The number of pyridine rings is 1. The van der Waals surface area contributed by atoms with Crippen LogP contribution in [0.1, 0.15) is 21.6 Å². The van der Waals surface area contributed by atoms with Crippen molar-refractivity contribution in [1.82, 2.24) is 20.3 Å². The van der Waals surface area contributed by atoms with E-state index < -0.39 is 0 Å². The number of anilines is 1. The maximum atomic E-state index is 12.8. The maximum absolute atomic E-state index is 12.8. The number of hydrogen-bond donors (Lipinski definition) is 1. The molecule has 1 saturated heterocycles. The Morgan fingerprint density at radius 3 is 2.83 bits per heavy atom. The van der Waals surface area contributed by atoms with E-state index >= 15 is 0 Å². The van der Waals surface area contributed by atoms with Crippen LogP contribution in [0.4, 0.5) is 5.95 Å². The number of fused-ring (bicyclic) bond motifs is 1. The van der Waals surface area contributed by atoms with Crippen LogP contribution < -0.4 is 10.2 Å². The summed E-state index contributed by atoms with van der Waals surface area (Å²) in [5.74, 6) is 0.630. The third kappa shape index (κ3) is 4.05. The Hall–Kier alpha value is -3.06. The molecule has 1 aromatic carbocycles. The minimum Gasteiger partial charge on any atom is -0.379 e. The quantitative estimate of drug-likeness (QED) is 0.719. The van der Waals surface area contributed by atoms with E-state index in [1.165, 1.54) is 5.56 Å². The van der Waals surface area contributed by atoms with Crippen molar-refractivity contribution in [1.29, 1.82) is 0 Å². The second kappa shape index (κ2) is 8.13. The van der Waals surface area contributed by atoms with Gasteiger partial charge < -0.3 is 15.0 Å². The lowest BCUT2D eigenvalue weighted by atomic mass is 9.93. The van der Waals surface area contributed by atoms with E-state index in [1.807, 2.05) is 50.3 Å². The fourth-order valence-corrected chi connectivity index (χ4v) is 3.71. The van der Waals surface area contributed by atoms with Crippen LogP contribution in [0.25, 0.3) is 10.9 Å². The standard InChI is InChI=1S/C22H25N5O2/c1-14-18(11-24-22(25-14)27(2)3)21(28)26-20-13-29-12-16(20)10-15-8-9-23-19-7-5-4-6-17(15)19/h4-9,11,16,20H,10,12-13H2,1-3H3,(H,26,28)/t16-,20+/m1/s1. The molecule has 7 heteroatoms. The number of ether oxygens (including phenoxy) is 1. The highest BCUT2D eigenvalue weighted by molar-refractivity contribution is 5.95. The lowest BCUT2D eigenvalue weighted by Gasteiger charge is -2.20. The summed E-state index contributed by atoms with van der Waals surface area (Å²) >= 11 is 0. The molecule has 1 amide bonds. The number of carbonyl (C=O) groups is 1. The lowest BCUT2D eigenvalue weighted by Crippen LogP contribution is -2.41.